The maximum atomic E-state index is 14.9. The average molecular weight is 466 g/mol. The SMILES string of the molecule is C=CCCC1OCC(c2ccc(-c3ccc(-c4ccc(C5CO5)c(F)c4F)cc3)cc2F)CO1. The predicted octanol–water partition coefficient (Wildman–Crippen LogP) is 6.93. The first-order chi connectivity index (χ1) is 16.5. The summed E-state index contributed by atoms with van der Waals surface area (Å²) >= 11 is 0. The molecular formula is C28H25F3O3. The normalized spacial score (nSPS) is 21.9. The zero-order chi connectivity index (χ0) is 23.7. The van der Waals surface area contributed by atoms with E-state index in [1.807, 2.05) is 12.1 Å². The van der Waals surface area contributed by atoms with Crippen LogP contribution in [-0.2, 0) is 14.2 Å². The fourth-order valence-electron chi connectivity index (χ4n) is 4.29. The van der Waals surface area contributed by atoms with Crippen molar-refractivity contribution in [2.75, 3.05) is 19.8 Å². The minimum Gasteiger partial charge on any atom is -0.368 e. The summed E-state index contributed by atoms with van der Waals surface area (Å²) in [4.78, 5) is 0. The summed E-state index contributed by atoms with van der Waals surface area (Å²) in [5.74, 6) is -2.25. The van der Waals surface area contributed by atoms with Gasteiger partial charge in [-0.2, -0.15) is 0 Å². The first-order valence-corrected chi connectivity index (χ1v) is 11.4. The van der Waals surface area contributed by atoms with E-state index < -0.39 is 11.6 Å². The van der Waals surface area contributed by atoms with Gasteiger partial charge in [-0.1, -0.05) is 54.6 Å². The van der Waals surface area contributed by atoms with Crippen LogP contribution in [0, 0.1) is 17.5 Å². The van der Waals surface area contributed by atoms with Gasteiger partial charge >= 0.3 is 0 Å². The van der Waals surface area contributed by atoms with Crippen LogP contribution in [0.2, 0.25) is 0 Å². The molecule has 3 aromatic rings. The molecule has 0 aliphatic carbocycles. The Kier molecular flexibility index (Phi) is 6.55. The molecule has 2 saturated heterocycles. The number of halogens is 3. The van der Waals surface area contributed by atoms with E-state index >= 15 is 0 Å². The summed E-state index contributed by atoms with van der Waals surface area (Å²) in [6.45, 7) is 4.91. The van der Waals surface area contributed by atoms with E-state index in [-0.39, 0.29) is 35.3 Å². The molecule has 2 heterocycles. The quantitative estimate of drug-likeness (QED) is 0.279. The molecule has 176 valence electrons. The molecule has 0 N–H and O–H groups in total. The number of hydrogen-bond acceptors (Lipinski definition) is 3. The highest BCUT2D eigenvalue weighted by molar-refractivity contribution is 5.71. The maximum Gasteiger partial charge on any atom is 0.167 e. The van der Waals surface area contributed by atoms with Crippen LogP contribution < -0.4 is 0 Å². The maximum absolute atomic E-state index is 14.9. The molecule has 0 radical (unpaired) electrons. The second kappa shape index (κ2) is 9.74. The highest BCUT2D eigenvalue weighted by atomic mass is 19.2. The summed E-state index contributed by atoms with van der Waals surface area (Å²) in [6, 6.07) is 15.2. The zero-order valence-corrected chi connectivity index (χ0v) is 18.6. The van der Waals surface area contributed by atoms with Crippen LogP contribution in [0.3, 0.4) is 0 Å². The van der Waals surface area contributed by atoms with Crippen molar-refractivity contribution in [2.24, 2.45) is 0 Å². The van der Waals surface area contributed by atoms with Crippen molar-refractivity contribution in [3.8, 4) is 22.3 Å². The van der Waals surface area contributed by atoms with Gasteiger partial charge in [-0.25, -0.2) is 13.2 Å². The Hall–Kier alpha value is -2.93. The van der Waals surface area contributed by atoms with Crippen LogP contribution in [-0.4, -0.2) is 26.1 Å². The second-order valence-corrected chi connectivity index (χ2v) is 8.63. The Balaban J connectivity index is 1.30. The monoisotopic (exact) mass is 466 g/mol. The van der Waals surface area contributed by atoms with E-state index in [1.165, 1.54) is 6.07 Å². The molecule has 2 aliphatic heterocycles. The third-order valence-electron chi connectivity index (χ3n) is 6.34. The summed E-state index contributed by atoms with van der Waals surface area (Å²) in [6.07, 6.45) is 2.74. The average Bonchev–Trinajstić information content (AvgIpc) is 3.70. The number of rotatable bonds is 7. The van der Waals surface area contributed by atoms with Crippen LogP contribution in [0.15, 0.2) is 67.3 Å². The van der Waals surface area contributed by atoms with Crippen molar-refractivity contribution in [3.05, 3.63) is 95.8 Å². The summed E-state index contributed by atoms with van der Waals surface area (Å²) in [5.41, 5.74) is 3.00. The highest BCUT2D eigenvalue weighted by Crippen LogP contribution is 2.36. The third-order valence-corrected chi connectivity index (χ3v) is 6.34. The molecule has 0 saturated carbocycles. The van der Waals surface area contributed by atoms with E-state index in [9.17, 15) is 13.2 Å². The van der Waals surface area contributed by atoms with Crippen molar-refractivity contribution in [1.82, 2.24) is 0 Å². The Morgan fingerprint density at radius 1 is 0.765 bits per heavy atom. The predicted molar refractivity (Wildman–Crippen MR) is 124 cm³/mol. The van der Waals surface area contributed by atoms with Crippen LogP contribution in [0.4, 0.5) is 13.2 Å². The van der Waals surface area contributed by atoms with E-state index in [0.29, 0.717) is 36.5 Å². The fraction of sp³-hybridized carbons (Fsp3) is 0.286. The third kappa shape index (κ3) is 4.67. The minimum atomic E-state index is -0.889. The first kappa shape index (κ1) is 22.8. The van der Waals surface area contributed by atoms with Gasteiger partial charge < -0.3 is 14.2 Å². The molecule has 0 spiro atoms. The molecule has 0 aromatic heterocycles. The van der Waals surface area contributed by atoms with Gasteiger partial charge in [0.15, 0.2) is 17.9 Å². The van der Waals surface area contributed by atoms with Gasteiger partial charge in [0.25, 0.3) is 0 Å². The number of epoxide rings is 1. The molecule has 0 amide bonds. The van der Waals surface area contributed by atoms with Crippen molar-refractivity contribution in [3.63, 3.8) is 0 Å². The van der Waals surface area contributed by atoms with Crippen LogP contribution >= 0.6 is 0 Å². The molecule has 5 rings (SSSR count). The fourth-order valence-corrected chi connectivity index (χ4v) is 4.29. The van der Waals surface area contributed by atoms with Gasteiger partial charge in [0.1, 0.15) is 11.9 Å². The van der Waals surface area contributed by atoms with Crippen molar-refractivity contribution in [1.29, 1.82) is 0 Å². The molecule has 1 unspecified atom stereocenters. The lowest BCUT2D eigenvalue weighted by Gasteiger charge is -2.29. The van der Waals surface area contributed by atoms with Gasteiger partial charge in [-0.15, -0.1) is 6.58 Å². The lowest BCUT2D eigenvalue weighted by Crippen LogP contribution is -2.31. The van der Waals surface area contributed by atoms with Crippen LogP contribution in [0.25, 0.3) is 22.3 Å². The summed E-state index contributed by atoms with van der Waals surface area (Å²) < 4.78 is 60.4. The van der Waals surface area contributed by atoms with E-state index in [1.54, 1.807) is 42.5 Å². The molecule has 1 atom stereocenters. The number of hydrogen-bond donors (Lipinski definition) is 0. The van der Waals surface area contributed by atoms with E-state index in [0.717, 1.165) is 18.4 Å². The highest BCUT2D eigenvalue weighted by Gasteiger charge is 2.30. The molecular weight excluding hydrogens is 441 g/mol. The molecule has 3 aromatic carbocycles. The lowest BCUT2D eigenvalue weighted by molar-refractivity contribution is -0.189. The smallest absolute Gasteiger partial charge is 0.167 e. The van der Waals surface area contributed by atoms with Crippen molar-refractivity contribution < 1.29 is 27.4 Å². The molecule has 3 nitrogen and oxygen atoms in total. The van der Waals surface area contributed by atoms with Gasteiger partial charge in [0.05, 0.1) is 19.8 Å². The molecule has 2 fully saturated rings. The Labute approximate surface area is 196 Å². The minimum absolute atomic E-state index is 0.168. The second-order valence-electron chi connectivity index (χ2n) is 8.63. The Morgan fingerprint density at radius 2 is 1.41 bits per heavy atom. The van der Waals surface area contributed by atoms with Crippen molar-refractivity contribution in [2.45, 2.75) is 31.2 Å². The van der Waals surface area contributed by atoms with E-state index in [4.69, 9.17) is 14.2 Å². The van der Waals surface area contributed by atoms with Gasteiger partial charge in [0, 0.05) is 23.5 Å². The lowest BCUT2D eigenvalue weighted by atomic mass is 9.94. The number of ether oxygens (including phenoxy) is 3. The summed E-state index contributed by atoms with van der Waals surface area (Å²) in [5, 5.41) is 0. The van der Waals surface area contributed by atoms with Crippen LogP contribution in [0.5, 0.6) is 0 Å². The molecule has 2 aliphatic rings. The number of allylic oxidation sites excluding steroid dienone is 1. The standard InChI is InChI=1S/C28H25F3O3/c1-2-3-4-26-33-14-20(15-34-26)21-10-9-19(13-24(21)29)17-5-7-18(8-6-17)22-11-12-23(25-16-32-25)28(31)27(22)30/h2,5-13,20,25-26H,1,3-4,14-16H2. The van der Waals surface area contributed by atoms with E-state index in [2.05, 4.69) is 6.58 Å². The molecule has 0 bridgehead atoms. The number of benzene rings is 3. The van der Waals surface area contributed by atoms with Crippen LogP contribution in [0.1, 0.15) is 36.0 Å². The van der Waals surface area contributed by atoms with Gasteiger partial charge in [-0.3, -0.25) is 0 Å². The first-order valence-electron chi connectivity index (χ1n) is 11.4. The Morgan fingerprint density at radius 3 is 2.06 bits per heavy atom. The van der Waals surface area contributed by atoms with Gasteiger partial charge in [0.2, 0.25) is 0 Å². The molecule has 34 heavy (non-hydrogen) atoms. The van der Waals surface area contributed by atoms with Crippen molar-refractivity contribution >= 4 is 0 Å². The Bertz CT molecular complexity index is 1180. The van der Waals surface area contributed by atoms with Gasteiger partial charge in [-0.05, 0) is 34.7 Å². The zero-order valence-electron chi connectivity index (χ0n) is 18.6. The largest absolute Gasteiger partial charge is 0.368 e. The molecule has 6 heteroatoms. The summed E-state index contributed by atoms with van der Waals surface area (Å²) in [7, 11) is 0. The topological polar surface area (TPSA) is 31.0 Å².